The highest BCUT2D eigenvalue weighted by molar-refractivity contribution is 7.80. The van der Waals surface area contributed by atoms with Gasteiger partial charge in [0.2, 0.25) is 0 Å². The number of thiol groups is 1. The Hall–Kier alpha value is -1.14. The molecule has 0 radical (unpaired) electrons. The molecule has 0 bridgehead atoms. The summed E-state index contributed by atoms with van der Waals surface area (Å²) in [5.41, 5.74) is -0.446. The molecule has 0 N–H and O–H groups in total. The molecule has 14 heavy (non-hydrogen) atoms. The van der Waals surface area contributed by atoms with Crippen LogP contribution in [0.4, 0.5) is 10.1 Å². The zero-order valence-electron chi connectivity index (χ0n) is 6.73. The molecule has 0 fully saturated rings. The minimum absolute atomic E-state index is 0.329. The first-order chi connectivity index (χ1) is 6.59. The number of hydrogen-bond donors (Lipinski definition) is 1. The SMILES string of the molecule is O=[N+]([O-])c1c(F)sc2cc(S)ccc12. The monoisotopic (exact) mass is 229 g/mol. The summed E-state index contributed by atoms with van der Waals surface area (Å²) in [7, 11) is 0. The van der Waals surface area contributed by atoms with E-state index in [0.29, 0.717) is 15.0 Å². The highest BCUT2D eigenvalue weighted by Gasteiger charge is 2.22. The first-order valence-electron chi connectivity index (χ1n) is 3.65. The van der Waals surface area contributed by atoms with Crippen molar-refractivity contribution >= 4 is 39.7 Å². The van der Waals surface area contributed by atoms with Crippen molar-refractivity contribution in [1.29, 1.82) is 0 Å². The van der Waals surface area contributed by atoms with Crippen molar-refractivity contribution in [2.75, 3.05) is 0 Å². The van der Waals surface area contributed by atoms with E-state index in [0.717, 1.165) is 11.3 Å². The van der Waals surface area contributed by atoms with E-state index in [4.69, 9.17) is 0 Å². The molecule has 0 saturated carbocycles. The predicted octanol–water partition coefficient (Wildman–Crippen LogP) is 3.24. The maximum absolute atomic E-state index is 13.1. The van der Waals surface area contributed by atoms with Crippen LogP contribution in [0.25, 0.3) is 10.1 Å². The van der Waals surface area contributed by atoms with Crippen LogP contribution in [0.15, 0.2) is 23.1 Å². The second-order valence-electron chi connectivity index (χ2n) is 2.66. The van der Waals surface area contributed by atoms with Crippen LogP contribution in [-0.4, -0.2) is 4.92 Å². The number of benzene rings is 1. The van der Waals surface area contributed by atoms with Gasteiger partial charge in [0.15, 0.2) is 0 Å². The molecular weight excluding hydrogens is 225 g/mol. The van der Waals surface area contributed by atoms with E-state index in [2.05, 4.69) is 12.6 Å². The summed E-state index contributed by atoms with van der Waals surface area (Å²) in [6.07, 6.45) is 0. The van der Waals surface area contributed by atoms with Crippen molar-refractivity contribution in [2.24, 2.45) is 0 Å². The van der Waals surface area contributed by atoms with Crippen molar-refractivity contribution in [2.45, 2.75) is 4.90 Å². The van der Waals surface area contributed by atoms with E-state index in [1.54, 1.807) is 12.1 Å². The van der Waals surface area contributed by atoms with Gasteiger partial charge in [-0.25, -0.2) is 0 Å². The summed E-state index contributed by atoms with van der Waals surface area (Å²) in [4.78, 5) is 10.5. The number of halogens is 1. The Morgan fingerprint density at radius 2 is 2.21 bits per heavy atom. The summed E-state index contributed by atoms with van der Waals surface area (Å²) < 4.78 is 13.7. The third kappa shape index (κ3) is 1.36. The van der Waals surface area contributed by atoms with Gasteiger partial charge >= 0.3 is 5.69 Å². The molecule has 1 aromatic heterocycles. The minimum Gasteiger partial charge on any atom is -0.258 e. The van der Waals surface area contributed by atoms with Crippen LogP contribution < -0.4 is 0 Å². The fourth-order valence-corrected chi connectivity index (χ4v) is 2.44. The first-order valence-corrected chi connectivity index (χ1v) is 4.91. The van der Waals surface area contributed by atoms with Gasteiger partial charge in [-0.2, -0.15) is 4.39 Å². The first kappa shape index (κ1) is 9.42. The van der Waals surface area contributed by atoms with Gasteiger partial charge in [-0.3, -0.25) is 10.1 Å². The van der Waals surface area contributed by atoms with Gasteiger partial charge in [-0.15, -0.1) is 12.6 Å². The normalized spacial score (nSPS) is 10.7. The Morgan fingerprint density at radius 3 is 2.86 bits per heavy atom. The third-order valence-electron chi connectivity index (χ3n) is 1.79. The van der Waals surface area contributed by atoms with Crippen LogP contribution in [0.1, 0.15) is 0 Å². The molecule has 0 aliphatic carbocycles. The quantitative estimate of drug-likeness (QED) is 0.463. The second-order valence-corrected chi connectivity index (χ2v) is 4.18. The molecule has 0 atom stereocenters. The Morgan fingerprint density at radius 1 is 1.50 bits per heavy atom. The topological polar surface area (TPSA) is 43.1 Å². The molecule has 1 aromatic carbocycles. The average Bonchev–Trinajstić information content (AvgIpc) is 2.39. The van der Waals surface area contributed by atoms with Crippen molar-refractivity contribution in [3.05, 3.63) is 33.4 Å². The Bertz CT molecular complexity index is 523. The molecule has 0 aliphatic heterocycles. The van der Waals surface area contributed by atoms with Gasteiger partial charge < -0.3 is 0 Å². The zero-order chi connectivity index (χ0) is 10.3. The largest absolute Gasteiger partial charge is 0.323 e. The standard InChI is InChI=1S/C8H4FNO2S2/c9-8-7(10(11)12)5-2-1-4(13)3-6(5)14-8/h1-3,13H. The fourth-order valence-electron chi connectivity index (χ4n) is 1.21. The predicted molar refractivity (Wildman–Crippen MR) is 55.7 cm³/mol. The van der Waals surface area contributed by atoms with Gasteiger partial charge in [0, 0.05) is 9.60 Å². The zero-order valence-corrected chi connectivity index (χ0v) is 8.44. The van der Waals surface area contributed by atoms with Gasteiger partial charge in [-0.05, 0) is 18.2 Å². The summed E-state index contributed by atoms with van der Waals surface area (Å²) in [5.74, 6) is 0. The maximum atomic E-state index is 13.1. The van der Waals surface area contributed by atoms with E-state index in [1.165, 1.54) is 6.07 Å². The Balaban J connectivity index is 2.84. The lowest BCUT2D eigenvalue weighted by Gasteiger charge is -1.90. The van der Waals surface area contributed by atoms with Crippen LogP contribution in [-0.2, 0) is 0 Å². The van der Waals surface area contributed by atoms with Crippen molar-refractivity contribution in [1.82, 2.24) is 0 Å². The smallest absolute Gasteiger partial charge is 0.258 e. The summed E-state index contributed by atoms with van der Waals surface area (Å²) in [5, 5.41) is 10.1. The van der Waals surface area contributed by atoms with Gasteiger partial charge in [-0.1, -0.05) is 11.3 Å². The Kier molecular flexibility index (Phi) is 2.16. The third-order valence-corrected chi connectivity index (χ3v) is 3.00. The molecule has 0 amide bonds. The number of hydrogen-bond acceptors (Lipinski definition) is 4. The van der Waals surface area contributed by atoms with Crippen molar-refractivity contribution in [3.8, 4) is 0 Å². The van der Waals surface area contributed by atoms with Crippen LogP contribution in [0.2, 0.25) is 0 Å². The lowest BCUT2D eigenvalue weighted by Crippen LogP contribution is -1.87. The van der Waals surface area contributed by atoms with E-state index < -0.39 is 15.7 Å². The molecular formula is C8H4FNO2S2. The van der Waals surface area contributed by atoms with Gasteiger partial charge in [0.1, 0.15) is 0 Å². The van der Waals surface area contributed by atoms with E-state index in [1.807, 2.05) is 0 Å². The number of rotatable bonds is 1. The average molecular weight is 229 g/mol. The minimum atomic E-state index is -0.760. The summed E-state index contributed by atoms with van der Waals surface area (Å²) in [6.45, 7) is 0. The molecule has 6 heteroatoms. The van der Waals surface area contributed by atoms with Crippen molar-refractivity contribution in [3.63, 3.8) is 0 Å². The maximum Gasteiger partial charge on any atom is 0.323 e. The molecule has 3 nitrogen and oxygen atoms in total. The molecule has 0 spiro atoms. The summed E-state index contributed by atoms with van der Waals surface area (Å²) in [6, 6.07) is 4.72. The molecule has 2 rings (SSSR count). The van der Waals surface area contributed by atoms with Crippen molar-refractivity contribution < 1.29 is 9.31 Å². The van der Waals surface area contributed by atoms with Crippen LogP contribution >= 0.6 is 24.0 Å². The van der Waals surface area contributed by atoms with Crippen LogP contribution in [0.5, 0.6) is 0 Å². The van der Waals surface area contributed by atoms with Gasteiger partial charge in [0.05, 0.1) is 10.3 Å². The van der Waals surface area contributed by atoms with Gasteiger partial charge in [0.25, 0.3) is 5.13 Å². The second kappa shape index (κ2) is 3.21. The highest BCUT2D eigenvalue weighted by atomic mass is 32.1. The number of nitro groups is 1. The molecule has 0 unspecified atom stereocenters. The van der Waals surface area contributed by atoms with Crippen LogP contribution in [0.3, 0.4) is 0 Å². The molecule has 0 saturated heterocycles. The molecule has 0 aliphatic rings. The molecule has 2 aromatic rings. The Labute approximate surface area is 87.7 Å². The lowest BCUT2D eigenvalue weighted by atomic mass is 10.2. The summed E-state index contributed by atoms with van der Waals surface area (Å²) >= 11 is 4.83. The number of thiophene rings is 1. The number of fused-ring (bicyclic) bond motifs is 1. The molecule has 1 heterocycles. The van der Waals surface area contributed by atoms with E-state index >= 15 is 0 Å². The van der Waals surface area contributed by atoms with E-state index in [-0.39, 0.29) is 0 Å². The number of nitrogens with zero attached hydrogens (tertiary/aromatic N) is 1. The highest BCUT2D eigenvalue weighted by Crippen LogP contribution is 2.36. The van der Waals surface area contributed by atoms with E-state index in [9.17, 15) is 14.5 Å². The molecule has 72 valence electrons. The lowest BCUT2D eigenvalue weighted by molar-refractivity contribution is -0.385. The van der Waals surface area contributed by atoms with Crippen LogP contribution in [0, 0.1) is 15.2 Å². The fraction of sp³-hybridized carbons (Fsp3) is 0.